The van der Waals surface area contributed by atoms with Crippen LogP contribution in [0.5, 0.6) is 0 Å². The highest BCUT2D eigenvalue weighted by Crippen LogP contribution is 2.43. The molecule has 5 heteroatoms. The van der Waals surface area contributed by atoms with Crippen molar-refractivity contribution in [2.24, 2.45) is 5.92 Å². The van der Waals surface area contributed by atoms with Crippen LogP contribution in [0, 0.1) is 12.8 Å². The molecular weight excluding hydrogens is 516 g/mol. The molecule has 2 aliphatic carbocycles. The largest absolute Gasteiger partial charge is 0.294 e. The smallest absolute Gasteiger partial charge is 0.282 e. The van der Waals surface area contributed by atoms with E-state index in [2.05, 4.69) is 54.5 Å². The predicted octanol–water partition coefficient (Wildman–Crippen LogP) is 8.77. The number of fused-ring (bicyclic) bond motifs is 2. The lowest BCUT2D eigenvalue weighted by Gasteiger charge is -2.29. The predicted molar refractivity (Wildman–Crippen MR) is 163 cm³/mol. The van der Waals surface area contributed by atoms with E-state index in [1.54, 1.807) is 12.1 Å². The highest BCUT2D eigenvalue weighted by atomic mass is 32.2. The lowest BCUT2D eigenvalue weighted by Crippen LogP contribution is -2.15. The van der Waals surface area contributed by atoms with Gasteiger partial charge >= 0.3 is 0 Å². The van der Waals surface area contributed by atoms with Gasteiger partial charge in [0.1, 0.15) is 5.94 Å². The molecule has 0 aliphatic heterocycles. The molecule has 0 amide bonds. The van der Waals surface area contributed by atoms with Gasteiger partial charge in [-0.25, -0.2) is 4.79 Å². The van der Waals surface area contributed by atoms with Gasteiger partial charge in [0, 0.05) is 11.5 Å². The van der Waals surface area contributed by atoms with Gasteiger partial charge in [-0.1, -0.05) is 92.6 Å². The third-order valence-electron chi connectivity index (χ3n) is 8.66. The highest BCUT2D eigenvalue weighted by Gasteiger charge is 2.27. The fourth-order valence-corrected chi connectivity index (χ4v) is 7.02. The van der Waals surface area contributed by atoms with E-state index in [0.29, 0.717) is 0 Å². The van der Waals surface area contributed by atoms with Crippen LogP contribution in [0.2, 0.25) is 0 Å². The summed E-state index contributed by atoms with van der Waals surface area (Å²) >= 11 is 0. The van der Waals surface area contributed by atoms with Gasteiger partial charge in [0.2, 0.25) is 0 Å². The average Bonchev–Trinajstić information content (AvgIpc) is 2.97. The first kappa shape index (κ1) is 28.3. The topological polar surface area (TPSA) is 71.4 Å². The van der Waals surface area contributed by atoms with Crippen LogP contribution in [-0.2, 0) is 21.3 Å². The summed E-state index contributed by atoms with van der Waals surface area (Å²) in [7, 11) is -4.02. The van der Waals surface area contributed by atoms with E-state index in [1.807, 2.05) is 6.92 Å². The molecule has 0 bridgehead atoms. The van der Waals surface area contributed by atoms with Crippen LogP contribution < -0.4 is 0 Å². The van der Waals surface area contributed by atoms with Gasteiger partial charge in [0.05, 0.1) is 4.90 Å². The molecule has 0 heterocycles. The van der Waals surface area contributed by atoms with Gasteiger partial charge in [0.15, 0.2) is 0 Å². The van der Waals surface area contributed by atoms with Crippen molar-refractivity contribution in [2.45, 2.75) is 81.9 Å². The summed E-state index contributed by atoms with van der Waals surface area (Å²) in [6.45, 7) is 1.84. The molecule has 2 saturated carbocycles. The van der Waals surface area contributed by atoms with Gasteiger partial charge in [-0.15, -0.1) is 0 Å². The fourth-order valence-electron chi connectivity index (χ4n) is 6.54. The molecule has 0 radical (unpaired) electrons. The summed E-state index contributed by atoms with van der Waals surface area (Å²) in [6.07, 6.45) is 12.4. The Kier molecular flexibility index (Phi) is 8.85. The molecule has 40 heavy (non-hydrogen) atoms. The first-order valence-electron chi connectivity index (χ1n) is 14.6. The second-order valence-corrected chi connectivity index (χ2v) is 12.9. The van der Waals surface area contributed by atoms with E-state index in [4.69, 9.17) is 4.55 Å². The SMILES string of the molecule is Cc1ccc(S(=O)(=O)O)cc1.O=C=C1CCCCC1c1c(CC2CCCCC2)ccc2cc3ccccc3cc12. The van der Waals surface area contributed by atoms with Crippen molar-refractivity contribution < 1.29 is 17.8 Å². The van der Waals surface area contributed by atoms with Crippen LogP contribution in [0.15, 0.2) is 83.3 Å². The Morgan fingerprint density at radius 3 is 2.15 bits per heavy atom. The van der Waals surface area contributed by atoms with Crippen molar-refractivity contribution in [3.8, 4) is 0 Å². The summed E-state index contributed by atoms with van der Waals surface area (Å²) in [6, 6.07) is 24.0. The van der Waals surface area contributed by atoms with Crippen LogP contribution in [-0.4, -0.2) is 18.9 Å². The fraction of sp³-hybridized carbons (Fsp3) is 0.371. The molecule has 2 aliphatic rings. The van der Waals surface area contributed by atoms with Gasteiger partial charge in [-0.3, -0.25) is 4.55 Å². The number of allylic oxidation sites excluding steroid dienone is 1. The van der Waals surface area contributed by atoms with Gasteiger partial charge in [-0.05, 0) is 95.5 Å². The number of hydrogen-bond donors (Lipinski definition) is 1. The molecule has 4 aromatic rings. The molecule has 4 nitrogen and oxygen atoms in total. The van der Waals surface area contributed by atoms with E-state index in [9.17, 15) is 13.2 Å². The lowest BCUT2D eigenvalue weighted by atomic mass is 9.74. The Balaban J connectivity index is 0.000000248. The monoisotopic (exact) mass is 554 g/mol. The summed E-state index contributed by atoms with van der Waals surface area (Å²) in [4.78, 5) is 11.8. The van der Waals surface area contributed by atoms with Crippen molar-refractivity contribution in [1.82, 2.24) is 0 Å². The number of rotatable bonds is 4. The minimum atomic E-state index is -4.02. The Labute approximate surface area is 237 Å². The minimum absolute atomic E-state index is 0.0666. The molecule has 4 aromatic carbocycles. The highest BCUT2D eigenvalue weighted by molar-refractivity contribution is 7.85. The maximum Gasteiger partial charge on any atom is 0.294 e. The van der Waals surface area contributed by atoms with E-state index in [0.717, 1.165) is 36.3 Å². The molecule has 6 rings (SSSR count). The first-order chi connectivity index (χ1) is 19.3. The molecule has 0 saturated heterocycles. The third-order valence-corrected chi connectivity index (χ3v) is 9.53. The average molecular weight is 555 g/mol. The van der Waals surface area contributed by atoms with Crippen molar-refractivity contribution >= 4 is 37.6 Å². The molecule has 1 atom stereocenters. The molecule has 1 unspecified atom stereocenters. The summed E-state index contributed by atoms with van der Waals surface area (Å²) < 4.78 is 29.6. The Bertz CT molecular complexity index is 1640. The van der Waals surface area contributed by atoms with Crippen molar-refractivity contribution in [2.75, 3.05) is 0 Å². The van der Waals surface area contributed by atoms with E-state index < -0.39 is 10.1 Å². The first-order valence-corrected chi connectivity index (χ1v) is 16.0. The number of carbonyl (C=O) groups excluding carboxylic acids is 1. The lowest BCUT2D eigenvalue weighted by molar-refractivity contribution is 0.355. The Morgan fingerprint density at radius 1 is 0.800 bits per heavy atom. The van der Waals surface area contributed by atoms with Crippen LogP contribution in [0.1, 0.15) is 80.4 Å². The molecule has 0 aromatic heterocycles. The van der Waals surface area contributed by atoms with Crippen LogP contribution >= 0.6 is 0 Å². The normalized spacial score (nSPS) is 18.2. The molecule has 208 valence electrons. The van der Waals surface area contributed by atoms with Crippen molar-refractivity contribution in [3.05, 3.63) is 95.1 Å². The van der Waals surface area contributed by atoms with E-state index in [1.165, 1.54) is 89.8 Å². The summed E-state index contributed by atoms with van der Waals surface area (Å²) in [5.74, 6) is 3.40. The number of aryl methyl sites for hydroxylation is 1. The third kappa shape index (κ3) is 6.55. The zero-order valence-corrected chi connectivity index (χ0v) is 24.1. The van der Waals surface area contributed by atoms with Gasteiger partial charge in [-0.2, -0.15) is 8.42 Å². The maximum absolute atomic E-state index is 11.8. The zero-order valence-electron chi connectivity index (χ0n) is 23.2. The van der Waals surface area contributed by atoms with E-state index in [-0.39, 0.29) is 10.8 Å². The van der Waals surface area contributed by atoms with Gasteiger partial charge < -0.3 is 0 Å². The quantitative estimate of drug-likeness (QED) is 0.155. The van der Waals surface area contributed by atoms with Crippen LogP contribution in [0.4, 0.5) is 0 Å². The number of hydrogen-bond acceptors (Lipinski definition) is 3. The molecular formula is C35H38O4S. The van der Waals surface area contributed by atoms with E-state index >= 15 is 0 Å². The van der Waals surface area contributed by atoms with Crippen LogP contribution in [0.3, 0.4) is 0 Å². The molecule has 0 spiro atoms. The zero-order chi connectivity index (χ0) is 28.1. The minimum Gasteiger partial charge on any atom is -0.282 e. The molecule has 2 fully saturated rings. The number of benzene rings is 4. The molecule has 1 N–H and O–H groups in total. The van der Waals surface area contributed by atoms with Crippen LogP contribution in [0.25, 0.3) is 21.5 Å². The second kappa shape index (κ2) is 12.5. The maximum atomic E-state index is 11.8. The Hall–Kier alpha value is -3.24. The second-order valence-electron chi connectivity index (χ2n) is 11.5. The summed E-state index contributed by atoms with van der Waals surface area (Å²) in [5, 5.41) is 5.25. The standard InChI is InChI=1S/C28H30O.C7H8O3S/c29-19-25-12-6-7-13-26(25)28-24(16-20-8-2-1-3-9-20)15-14-23-17-21-10-4-5-11-22(21)18-27(23)28;1-6-2-4-7(5-3-6)11(8,9)10/h4-5,10-11,14-15,17-18,20,26H,1-3,6-9,12-13,16H2;2-5H,1H3,(H,8,9,10). The summed E-state index contributed by atoms with van der Waals surface area (Å²) in [5.41, 5.74) is 4.88. The van der Waals surface area contributed by atoms with Gasteiger partial charge in [0.25, 0.3) is 10.1 Å². The van der Waals surface area contributed by atoms with Crippen molar-refractivity contribution in [1.29, 1.82) is 0 Å². The van der Waals surface area contributed by atoms with Crippen molar-refractivity contribution in [3.63, 3.8) is 0 Å². The Morgan fingerprint density at radius 2 is 1.48 bits per heavy atom.